The monoisotopic (exact) mass is 152 g/mol. The van der Waals surface area contributed by atoms with Crippen molar-refractivity contribution in [3.05, 3.63) is 36.0 Å². The van der Waals surface area contributed by atoms with Crippen LogP contribution in [-0.4, -0.2) is 11.1 Å². The molecule has 0 aromatic heterocycles. The van der Waals surface area contributed by atoms with Crippen molar-refractivity contribution in [1.29, 1.82) is 0 Å². The van der Waals surface area contributed by atoms with E-state index in [9.17, 15) is 4.79 Å². The first-order valence-electron chi connectivity index (χ1n) is 3.37. The molecule has 0 heterocycles. The summed E-state index contributed by atoms with van der Waals surface area (Å²) in [5.74, 6) is -0.918. The van der Waals surface area contributed by atoms with E-state index in [1.165, 1.54) is 0 Å². The summed E-state index contributed by atoms with van der Waals surface area (Å²) in [7, 11) is 0. The van der Waals surface area contributed by atoms with E-state index in [1.54, 1.807) is 6.08 Å². The van der Waals surface area contributed by atoms with E-state index in [1.807, 2.05) is 32.1 Å². The van der Waals surface area contributed by atoms with Gasteiger partial charge in [-0.15, -0.1) is 0 Å². The average molecular weight is 152 g/mol. The zero-order valence-electron chi connectivity index (χ0n) is 6.74. The van der Waals surface area contributed by atoms with E-state index in [0.29, 0.717) is 0 Å². The van der Waals surface area contributed by atoms with Crippen LogP contribution >= 0.6 is 0 Å². The van der Waals surface area contributed by atoms with E-state index in [4.69, 9.17) is 5.11 Å². The molecule has 0 aliphatic heterocycles. The Balaban J connectivity index is 4.05. The molecular formula is C9H12O2. The Hall–Kier alpha value is -1.31. The molecule has 0 atom stereocenters. The van der Waals surface area contributed by atoms with Gasteiger partial charge < -0.3 is 5.11 Å². The first-order valence-corrected chi connectivity index (χ1v) is 3.37. The number of carbonyl (C=O) groups is 1. The SMILES string of the molecule is C\C=C/C=C(C)/C=C/C(=O)O. The smallest absolute Gasteiger partial charge is 0.328 e. The minimum Gasteiger partial charge on any atom is -0.478 e. The maximum atomic E-state index is 10.0. The lowest BCUT2D eigenvalue weighted by molar-refractivity contribution is -0.131. The first-order chi connectivity index (χ1) is 5.16. The normalized spacial score (nSPS) is 13.1. The second-order valence-corrected chi connectivity index (χ2v) is 2.11. The Morgan fingerprint density at radius 2 is 2.00 bits per heavy atom. The van der Waals surface area contributed by atoms with E-state index in [0.717, 1.165) is 11.6 Å². The molecule has 2 heteroatoms. The minimum absolute atomic E-state index is 0.918. The van der Waals surface area contributed by atoms with Gasteiger partial charge in [-0.1, -0.05) is 29.9 Å². The van der Waals surface area contributed by atoms with Crippen LogP contribution in [0, 0.1) is 0 Å². The molecule has 60 valence electrons. The third-order valence-corrected chi connectivity index (χ3v) is 1.04. The Bertz CT molecular complexity index is 210. The summed E-state index contributed by atoms with van der Waals surface area (Å²) in [5, 5.41) is 8.26. The number of hydrogen-bond acceptors (Lipinski definition) is 1. The van der Waals surface area contributed by atoms with E-state index in [2.05, 4.69) is 0 Å². The quantitative estimate of drug-likeness (QED) is 0.497. The van der Waals surface area contributed by atoms with Gasteiger partial charge in [-0.3, -0.25) is 0 Å². The molecule has 0 amide bonds. The van der Waals surface area contributed by atoms with Crippen LogP contribution in [0.2, 0.25) is 0 Å². The van der Waals surface area contributed by atoms with Crippen LogP contribution in [0.3, 0.4) is 0 Å². The highest BCUT2D eigenvalue weighted by Crippen LogP contribution is 1.94. The van der Waals surface area contributed by atoms with Crippen molar-refractivity contribution in [2.75, 3.05) is 0 Å². The Morgan fingerprint density at radius 3 is 2.45 bits per heavy atom. The van der Waals surface area contributed by atoms with Crippen molar-refractivity contribution >= 4 is 5.97 Å². The summed E-state index contributed by atoms with van der Waals surface area (Å²) in [5.41, 5.74) is 0.922. The zero-order chi connectivity index (χ0) is 8.69. The number of allylic oxidation sites excluding steroid dienone is 5. The van der Waals surface area contributed by atoms with Crippen LogP contribution in [0.4, 0.5) is 0 Å². The number of carboxylic acid groups (broad SMARTS) is 1. The topological polar surface area (TPSA) is 37.3 Å². The van der Waals surface area contributed by atoms with Gasteiger partial charge in [-0.2, -0.15) is 0 Å². The summed E-state index contributed by atoms with van der Waals surface area (Å²) in [6.45, 7) is 3.75. The Labute approximate surface area is 66.5 Å². The van der Waals surface area contributed by atoms with Crippen LogP contribution < -0.4 is 0 Å². The molecular weight excluding hydrogens is 140 g/mol. The number of rotatable bonds is 3. The number of hydrogen-bond donors (Lipinski definition) is 1. The van der Waals surface area contributed by atoms with Gasteiger partial charge in [-0.25, -0.2) is 4.79 Å². The fraction of sp³-hybridized carbons (Fsp3) is 0.222. The summed E-state index contributed by atoms with van der Waals surface area (Å²) in [4.78, 5) is 10.0. The molecule has 0 saturated carbocycles. The molecule has 0 unspecified atom stereocenters. The van der Waals surface area contributed by atoms with Gasteiger partial charge in [0.2, 0.25) is 0 Å². The predicted octanol–water partition coefficient (Wildman–Crippen LogP) is 2.15. The van der Waals surface area contributed by atoms with Crippen LogP contribution in [0.5, 0.6) is 0 Å². The largest absolute Gasteiger partial charge is 0.478 e. The van der Waals surface area contributed by atoms with Crippen molar-refractivity contribution in [3.8, 4) is 0 Å². The van der Waals surface area contributed by atoms with Gasteiger partial charge in [0.25, 0.3) is 0 Å². The summed E-state index contributed by atoms with van der Waals surface area (Å²) in [6, 6.07) is 0. The Morgan fingerprint density at radius 1 is 1.36 bits per heavy atom. The van der Waals surface area contributed by atoms with Gasteiger partial charge in [0.1, 0.15) is 0 Å². The van der Waals surface area contributed by atoms with Crippen LogP contribution in [-0.2, 0) is 4.79 Å². The highest BCUT2D eigenvalue weighted by molar-refractivity contribution is 5.80. The van der Waals surface area contributed by atoms with Gasteiger partial charge in [0.15, 0.2) is 0 Å². The summed E-state index contributed by atoms with van der Waals surface area (Å²) >= 11 is 0. The van der Waals surface area contributed by atoms with Crippen LogP contribution in [0.15, 0.2) is 36.0 Å². The second-order valence-electron chi connectivity index (χ2n) is 2.11. The predicted molar refractivity (Wildman–Crippen MR) is 45.3 cm³/mol. The minimum atomic E-state index is -0.918. The highest BCUT2D eigenvalue weighted by atomic mass is 16.4. The molecule has 0 aliphatic carbocycles. The summed E-state index contributed by atoms with van der Waals surface area (Å²) < 4.78 is 0. The lowest BCUT2D eigenvalue weighted by Crippen LogP contribution is -1.85. The maximum Gasteiger partial charge on any atom is 0.328 e. The van der Waals surface area contributed by atoms with E-state index >= 15 is 0 Å². The Kier molecular flexibility index (Phi) is 4.82. The van der Waals surface area contributed by atoms with Crippen LogP contribution in [0.25, 0.3) is 0 Å². The maximum absolute atomic E-state index is 10.0. The lowest BCUT2D eigenvalue weighted by atomic mass is 10.2. The average Bonchev–Trinajstić information content (AvgIpc) is 1.97. The molecule has 0 saturated heterocycles. The van der Waals surface area contributed by atoms with Gasteiger partial charge in [-0.05, 0) is 13.8 Å². The second kappa shape index (κ2) is 5.47. The molecule has 1 N–H and O–H groups in total. The molecule has 0 aromatic carbocycles. The molecule has 0 fully saturated rings. The molecule has 0 aliphatic rings. The standard InChI is InChI=1S/C9H12O2/c1-3-4-5-8(2)6-7-9(10)11/h3-7H,1-2H3,(H,10,11)/b4-3-,7-6+,8-5+. The molecule has 0 radical (unpaired) electrons. The van der Waals surface area contributed by atoms with Crippen molar-refractivity contribution in [2.45, 2.75) is 13.8 Å². The molecule has 0 rings (SSSR count). The molecule has 11 heavy (non-hydrogen) atoms. The van der Waals surface area contributed by atoms with E-state index in [-0.39, 0.29) is 0 Å². The summed E-state index contributed by atoms with van der Waals surface area (Å²) in [6.07, 6.45) is 8.27. The van der Waals surface area contributed by atoms with Crippen molar-refractivity contribution in [1.82, 2.24) is 0 Å². The van der Waals surface area contributed by atoms with Gasteiger partial charge in [0, 0.05) is 6.08 Å². The third-order valence-electron chi connectivity index (χ3n) is 1.04. The lowest BCUT2D eigenvalue weighted by Gasteiger charge is -1.85. The number of aliphatic carboxylic acids is 1. The van der Waals surface area contributed by atoms with E-state index < -0.39 is 5.97 Å². The van der Waals surface area contributed by atoms with Crippen molar-refractivity contribution in [3.63, 3.8) is 0 Å². The molecule has 0 spiro atoms. The van der Waals surface area contributed by atoms with Crippen LogP contribution in [0.1, 0.15) is 13.8 Å². The van der Waals surface area contributed by atoms with Gasteiger partial charge in [0.05, 0.1) is 0 Å². The van der Waals surface area contributed by atoms with Gasteiger partial charge >= 0.3 is 5.97 Å². The van der Waals surface area contributed by atoms with Crippen molar-refractivity contribution in [2.24, 2.45) is 0 Å². The fourth-order valence-corrected chi connectivity index (χ4v) is 0.506. The molecule has 2 nitrogen and oxygen atoms in total. The third kappa shape index (κ3) is 6.58. The zero-order valence-corrected chi connectivity index (χ0v) is 6.74. The first kappa shape index (κ1) is 9.69. The molecule has 0 aromatic rings. The highest BCUT2D eigenvalue weighted by Gasteiger charge is 1.84. The number of carboxylic acids is 1. The fourth-order valence-electron chi connectivity index (χ4n) is 0.506. The molecule has 0 bridgehead atoms. The van der Waals surface area contributed by atoms with Crippen molar-refractivity contribution < 1.29 is 9.90 Å².